The first-order valence-electron chi connectivity index (χ1n) is 12.0. The normalized spacial score (nSPS) is 12.1. The Labute approximate surface area is 207 Å². The van der Waals surface area contributed by atoms with Gasteiger partial charge in [-0.2, -0.15) is 0 Å². The van der Waals surface area contributed by atoms with Gasteiger partial charge in [0.05, 0.1) is 4.88 Å². The number of ether oxygens (including phenoxy) is 1. The summed E-state index contributed by atoms with van der Waals surface area (Å²) in [6.07, 6.45) is 2.02. The van der Waals surface area contributed by atoms with Gasteiger partial charge in [-0.25, -0.2) is 0 Å². The SMILES string of the molecule is CCc1cc(CCC(=O)c2sc(C)c(CC(C)C)c2C)cc(C)c1OCC(O)CNC(=O)CO. The van der Waals surface area contributed by atoms with Crippen molar-refractivity contribution in [1.29, 1.82) is 0 Å². The van der Waals surface area contributed by atoms with Crippen LogP contribution in [-0.4, -0.2) is 47.8 Å². The van der Waals surface area contributed by atoms with Crippen LogP contribution in [0.1, 0.15) is 69.6 Å². The Morgan fingerprint density at radius 1 is 1.18 bits per heavy atom. The van der Waals surface area contributed by atoms with Crippen LogP contribution in [0, 0.1) is 26.7 Å². The summed E-state index contributed by atoms with van der Waals surface area (Å²) in [4.78, 5) is 26.3. The molecule has 0 fully saturated rings. The highest BCUT2D eigenvalue weighted by Crippen LogP contribution is 2.31. The number of hydrogen-bond acceptors (Lipinski definition) is 6. The van der Waals surface area contributed by atoms with Crippen LogP contribution in [0.15, 0.2) is 12.1 Å². The van der Waals surface area contributed by atoms with Gasteiger partial charge in [0, 0.05) is 17.8 Å². The maximum atomic E-state index is 13.0. The molecule has 2 rings (SSSR count). The minimum absolute atomic E-state index is 0.0145. The van der Waals surface area contributed by atoms with Gasteiger partial charge in [-0.15, -0.1) is 11.3 Å². The third-order valence-corrected chi connectivity index (χ3v) is 7.16. The smallest absolute Gasteiger partial charge is 0.245 e. The monoisotopic (exact) mass is 489 g/mol. The quantitative estimate of drug-likeness (QED) is 0.368. The minimum Gasteiger partial charge on any atom is -0.490 e. The van der Waals surface area contributed by atoms with Gasteiger partial charge in [-0.3, -0.25) is 9.59 Å². The van der Waals surface area contributed by atoms with E-state index in [0.717, 1.165) is 45.7 Å². The zero-order valence-electron chi connectivity index (χ0n) is 21.3. The lowest BCUT2D eigenvalue weighted by molar-refractivity contribution is -0.124. The number of aliphatic hydroxyl groups excluding tert-OH is 2. The van der Waals surface area contributed by atoms with Crippen molar-refractivity contribution < 1.29 is 24.5 Å². The fourth-order valence-corrected chi connectivity index (χ4v) is 5.26. The fourth-order valence-electron chi connectivity index (χ4n) is 4.10. The molecule has 188 valence electrons. The number of carbonyl (C=O) groups is 2. The summed E-state index contributed by atoms with van der Waals surface area (Å²) in [6.45, 7) is 12.0. The average Bonchev–Trinajstić information content (AvgIpc) is 3.07. The molecule has 0 bridgehead atoms. The molecular weight excluding hydrogens is 450 g/mol. The van der Waals surface area contributed by atoms with Gasteiger partial charge in [0.2, 0.25) is 5.91 Å². The minimum atomic E-state index is -0.880. The third kappa shape index (κ3) is 7.65. The highest BCUT2D eigenvalue weighted by atomic mass is 32.1. The summed E-state index contributed by atoms with van der Waals surface area (Å²) in [7, 11) is 0. The van der Waals surface area contributed by atoms with E-state index in [1.807, 2.05) is 19.9 Å². The van der Waals surface area contributed by atoms with Crippen molar-refractivity contribution in [3.05, 3.63) is 49.7 Å². The van der Waals surface area contributed by atoms with E-state index in [1.54, 1.807) is 11.3 Å². The molecule has 0 aliphatic heterocycles. The lowest BCUT2D eigenvalue weighted by atomic mass is 9.96. The number of Topliss-reactive ketones (excluding diaryl/α,β-unsaturated/α-hetero) is 1. The molecule has 1 aromatic heterocycles. The summed E-state index contributed by atoms with van der Waals surface area (Å²) < 4.78 is 5.87. The van der Waals surface area contributed by atoms with Crippen LogP contribution in [-0.2, 0) is 24.1 Å². The second kappa shape index (κ2) is 13.0. The Bertz CT molecular complexity index is 995. The number of nitrogens with one attached hydrogen (secondary N) is 1. The van der Waals surface area contributed by atoms with Gasteiger partial charge in [0.25, 0.3) is 0 Å². The molecule has 2 aromatic rings. The fraction of sp³-hybridized carbons (Fsp3) is 0.556. The summed E-state index contributed by atoms with van der Waals surface area (Å²) in [6, 6.07) is 4.12. The number of ketones is 1. The number of hydrogen-bond donors (Lipinski definition) is 3. The average molecular weight is 490 g/mol. The number of rotatable bonds is 13. The molecule has 34 heavy (non-hydrogen) atoms. The van der Waals surface area contributed by atoms with Crippen LogP contribution < -0.4 is 10.1 Å². The second-order valence-electron chi connectivity index (χ2n) is 9.29. The summed E-state index contributed by atoms with van der Waals surface area (Å²) in [5, 5.41) is 21.2. The van der Waals surface area contributed by atoms with E-state index >= 15 is 0 Å². The Hall–Kier alpha value is -2.22. The zero-order chi connectivity index (χ0) is 25.4. The molecule has 6 nitrogen and oxygen atoms in total. The number of thiophene rings is 1. The number of carbonyl (C=O) groups excluding carboxylic acids is 2. The third-order valence-electron chi connectivity index (χ3n) is 5.87. The largest absolute Gasteiger partial charge is 0.490 e. The van der Waals surface area contributed by atoms with Crippen molar-refractivity contribution in [3.63, 3.8) is 0 Å². The van der Waals surface area contributed by atoms with Gasteiger partial charge in [-0.05, 0) is 73.8 Å². The van der Waals surface area contributed by atoms with Gasteiger partial charge in [0.15, 0.2) is 5.78 Å². The highest BCUT2D eigenvalue weighted by Gasteiger charge is 2.19. The molecule has 0 radical (unpaired) electrons. The first-order valence-corrected chi connectivity index (χ1v) is 12.8. The number of aliphatic hydroxyl groups is 2. The molecular formula is C27H39NO5S. The standard InChI is InChI=1S/C27H39NO5S/c1-7-21-12-20(11-17(4)26(21)33-15-22(30)13-28-25(32)14-29)8-9-24(31)27-18(5)23(10-16(2)3)19(6)34-27/h11-12,16,22,29-30H,7-10,13-15H2,1-6H3,(H,28,32). The van der Waals surface area contributed by atoms with Gasteiger partial charge in [0.1, 0.15) is 25.1 Å². The lowest BCUT2D eigenvalue weighted by Gasteiger charge is -2.18. The van der Waals surface area contributed by atoms with Crippen molar-refractivity contribution >= 4 is 23.0 Å². The lowest BCUT2D eigenvalue weighted by Crippen LogP contribution is -2.36. The Balaban J connectivity index is 2.04. The first-order chi connectivity index (χ1) is 16.1. The number of amides is 1. The molecule has 3 N–H and O–H groups in total. The predicted octanol–water partition coefficient (Wildman–Crippen LogP) is 4.10. The topological polar surface area (TPSA) is 95.9 Å². The van der Waals surface area contributed by atoms with Crippen molar-refractivity contribution in [2.45, 2.75) is 73.3 Å². The molecule has 1 atom stereocenters. The molecule has 1 amide bonds. The molecule has 0 saturated heterocycles. The van der Waals surface area contributed by atoms with Gasteiger partial charge >= 0.3 is 0 Å². The molecule has 0 saturated carbocycles. The van der Waals surface area contributed by atoms with Crippen molar-refractivity contribution in [2.24, 2.45) is 5.92 Å². The summed E-state index contributed by atoms with van der Waals surface area (Å²) >= 11 is 1.62. The van der Waals surface area contributed by atoms with Crippen LogP contribution in [0.5, 0.6) is 5.75 Å². The molecule has 1 unspecified atom stereocenters. The maximum Gasteiger partial charge on any atom is 0.245 e. The summed E-state index contributed by atoms with van der Waals surface area (Å²) in [5.41, 5.74) is 5.54. The van der Waals surface area contributed by atoms with Gasteiger partial charge in [-0.1, -0.05) is 32.9 Å². The van der Waals surface area contributed by atoms with Crippen LogP contribution in [0.2, 0.25) is 0 Å². The molecule has 1 aromatic carbocycles. The van der Waals surface area contributed by atoms with Crippen LogP contribution in [0.3, 0.4) is 0 Å². The maximum absolute atomic E-state index is 13.0. The Morgan fingerprint density at radius 3 is 2.50 bits per heavy atom. The Kier molecular flexibility index (Phi) is 10.7. The van der Waals surface area contributed by atoms with Gasteiger partial charge < -0.3 is 20.3 Å². The van der Waals surface area contributed by atoms with Crippen molar-refractivity contribution in [3.8, 4) is 5.75 Å². The Morgan fingerprint density at radius 2 is 1.88 bits per heavy atom. The van der Waals surface area contributed by atoms with E-state index in [4.69, 9.17) is 9.84 Å². The van der Waals surface area contributed by atoms with Crippen molar-refractivity contribution in [1.82, 2.24) is 5.32 Å². The number of benzene rings is 1. The van der Waals surface area contributed by atoms with E-state index in [0.29, 0.717) is 18.8 Å². The van der Waals surface area contributed by atoms with E-state index in [2.05, 4.69) is 39.1 Å². The van der Waals surface area contributed by atoms with E-state index < -0.39 is 18.6 Å². The second-order valence-corrected chi connectivity index (χ2v) is 10.5. The number of aryl methyl sites for hydroxylation is 4. The molecule has 1 heterocycles. The molecule has 0 spiro atoms. The highest BCUT2D eigenvalue weighted by molar-refractivity contribution is 7.14. The first kappa shape index (κ1) is 28.0. The summed E-state index contributed by atoms with van der Waals surface area (Å²) in [5.74, 6) is 0.955. The van der Waals surface area contributed by atoms with Crippen molar-refractivity contribution in [2.75, 3.05) is 19.8 Å². The van der Waals surface area contributed by atoms with Crippen LogP contribution >= 0.6 is 11.3 Å². The predicted molar refractivity (Wildman–Crippen MR) is 137 cm³/mol. The molecule has 0 aliphatic rings. The van der Waals surface area contributed by atoms with E-state index in [1.165, 1.54) is 10.4 Å². The zero-order valence-corrected chi connectivity index (χ0v) is 22.1. The van der Waals surface area contributed by atoms with Crippen LogP contribution in [0.4, 0.5) is 0 Å². The van der Waals surface area contributed by atoms with E-state index in [-0.39, 0.29) is 18.9 Å². The van der Waals surface area contributed by atoms with E-state index in [9.17, 15) is 14.7 Å². The molecule has 7 heteroatoms. The molecule has 0 aliphatic carbocycles. The van der Waals surface area contributed by atoms with Crippen LogP contribution in [0.25, 0.3) is 0 Å².